The Labute approximate surface area is 125 Å². The number of aromatic nitrogens is 6. The van der Waals surface area contributed by atoms with Gasteiger partial charge in [0.1, 0.15) is 11.2 Å². The molecule has 0 unspecified atom stereocenters. The molecular weight excluding hydrogens is 282 g/mol. The predicted molar refractivity (Wildman–Crippen MR) is 80.3 cm³/mol. The normalized spacial score (nSPS) is 11.4. The predicted octanol–water partition coefficient (Wildman–Crippen LogP) is 1.70. The summed E-state index contributed by atoms with van der Waals surface area (Å²) in [5, 5.41) is 4.50. The van der Waals surface area contributed by atoms with Gasteiger partial charge in [0.2, 0.25) is 0 Å². The van der Waals surface area contributed by atoms with Crippen molar-refractivity contribution in [1.29, 1.82) is 0 Å². The van der Waals surface area contributed by atoms with E-state index in [1.54, 1.807) is 21.8 Å². The van der Waals surface area contributed by atoms with Gasteiger partial charge in [-0.3, -0.25) is 0 Å². The number of aryl methyl sites for hydroxylation is 2. The van der Waals surface area contributed by atoms with Gasteiger partial charge < -0.3 is 14.7 Å². The second-order valence-corrected chi connectivity index (χ2v) is 5.00. The Morgan fingerprint density at radius 1 is 1.27 bits per heavy atom. The average Bonchev–Trinajstić information content (AvgIpc) is 3.19. The number of hydrogen-bond acceptors (Lipinski definition) is 6. The van der Waals surface area contributed by atoms with Crippen molar-refractivity contribution in [3.05, 3.63) is 36.5 Å². The van der Waals surface area contributed by atoms with Crippen LogP contribution in [0.1, 0.15) is 5.69 Å². The minimum Gasteiger partial charge on any atom is -0.463 e. The summed E-state index contributed by atoms with van der Waals surface area (Å²) in [5.74, 6) is 1.43. The van der Waals surface area contributed by atoms with Crippen molar-refractivity contribution >= 4 is 17.0 Å². The van der Waals surface area contributed by atoms with Crippen molar-refractivity contribution in [2.45, 2.75) is 6.92 Å². The fourth-order valence-electron chi connectivity index (χ4n) is 2.33. The van der Waals surface area contributed by atoms with Crippen LogP contribution in [0.25, 0.3) is 28.6 Å². The lowest BCUT2D eigenvalue weighted by Crippen LogP contribution is -2.08. The molecule has 0 atom stereocenters. The van der Waals surface area contributed by atoms with Gasteiger partial charge in [-0.15, -0.1) is 0 Å². The molecule has 0 spiro atoms. The molecule has 0 aliphatic carbocycles. The molecule has 4 aromatic heterocycles. The van der Waals surface area contributed by atoms with Crippen LogP contribution in [0.5, 0.6) is 0 Å². The molecule has 110 valence electrons. The van der Waals surface area contributed by atoms with Gasteiger partial charge in [0.05, 0.1) is 12.6 Å². The van der Waals surface area contributed by atoms with E-state index in [0.29, 0.717) is 28.7 Å². The Hall–Kier alpha value is -3.16. The van der Waals surface area contributed by atoms with Crippen molar-refractivity contribution in [3.8, 4) is 17.4 Å². The zero-order chi connectivity index (χ0) is 15.3. The number of rotatable bonds is 2. The van der Waals surface area contributed by atoms with Crippen LogP contribution < -0.4 is 5.73 Å². The molecule has 0 saturated carbocycles. The molecule has 0 aliphatic heterocycles. The van der Waals surface area contributed by atoms with Gasteiger partial charge in [0.25, 0.3) is 5.95 Å². The highest BCUT2D eigenvalue weighted by Gasteiger charge is 2.15. The molecule has 0 amide bonds. The molecule has 0 saturated heterocycles. The molecule has 4 aromatic rings. The van der Waals surface area contributed by atoms with E-state index in [4.69, 9.17) is 10.2 Å². The Morgan fingerprint density at radius 3 is 2.91 bits per heavy atom. The number of anilines is 1. The summed E-state index contributed by atoms with van der Waals surface area (Å²) in [7, 11) is 1.86. The number of imidazole rings is 1. The van der Waals surface area contributed by atoms with Crippen LogP contribution in [0, 0.1) is 6.92 Å². The molecule has 0 radical (unpaired) electrons. The van der Waals surface area contributed by atoms with E-state index in [1.807, 2.05) is 32.2 Å². The highest BCUT2D eigenvalue weighted by atomic mass is 16.3. The lowest BCUT2D eigenvalue weighted by Gasteiger charge is -2.04. The zero-order valence-electron chi connectivity index (χ0n) is 12.1. The second-order valence-electron chi connectivity index (χ2n) is 5.00. The van der Waals surface area contributed by atoms with Crippen LogP contribution >= 0.6 is 0 Å². The van der Waals surface area contributed by atoms with Crippen molar-refractivity contribution in [3.63, 3.8) is 0 Å². The molecule has 8 nitrogen and oxygen atoms in total. The lowest BCUT2D eigenvalue weighted by molar-refractivity contribution is 0.578. The first-order valence-corrected chi connectivity index (χ1v) is 6.69. The molecular formula is C14H13N7O. The van der Waals surface area contributed by atoms with E-state index in [0.717, 1.165) is 11.4 Å². The first-order valence-electron chi connectivity index (χ1n) is 6.69. The van der Waals surface area contributed by atoms with E-state index >= 15 is 0 Å². The quantitative estimate of drug-likeness (QED) is 0.604. The number of fused-ring (bicyclic) bond motifs is 1. The molecule has 8 heteroatoms. The first kappa shape index (κ1) is 12.6. The second kappa shape index (κ2) is 4.42. The summed E-state index contributed by atoms with van der Waals surface area (Å²) in [6, 6.07) is 5.58. The highest BCUT2D eigenvalue weighted by molar-refractivity contribution is 5.82. The summed E-state index contributed by atoms with van der Waals surface area (Å²) in [6.45, 7) is 1.92. The maximum Gasteiger partial charge on any atom is 0.254 e. The maximum atomic E-state index is 5.97. The van der Waals surface area contributed by atoms with Crippen molar-refractivity contribution in [1.82, 2.24) is 29.3 Å². The Balaban J connectivity index is 1.90. The van der Waals surface area contributed by atoms with Gasteiger partial charge in [0.15, 0.2) is 17.2 Å². The minimum absolute atomic E-state index is 0.329. The van der Waals surface area contributed by atoms with E-state index < -0.39 is 0 Å². The lowest BCUT2D eigenvalue weighted by atomic mass is 10.3. The van der Waals surface area contributed by atoms with Crippen LogP contribution in [-0.4, -0.2) is 29.3 Å². The summed E-state index contributed by atoms with van der Waals surface area (Å²) in [4.78, 5) is 13.0. The number of furan rings is 1. The summed E-state index contributed by atoms with van der Waals surface area (Å²) < 4.78 is 8.80. The van der Waals surface area contributed by atoms with E-state index in [1.165, 1.54) is 0 Å². The minimum atomic E-state index is 0.329. The zero-order valence-corrected chi connectivity index (χ0v) is 12.1. The smallest absolute Gasteiger partial charge is 0.254 e. The third-order valence-electron chi connectivity index (χ3n) is 3.43. The number of nitrogens with zero attached hydrogens (tertiary/aromatic N) is 6. The Kier molecular flexibility index (Phi) is 2.52. The Bertz CT molecular complexity index is 965. The molecule has 0 bridgehead atoms. The molecule has 22 heavy (non-hydrogen) atoms. The standard InChI is InChI=1S/C14H13N7O/c1-8-6-9(10-4-3-5-22-10)19-21(8)14-17-12(15)11-13(18-14)20(2)7-16-11/h3-7H,1-2H3,(H2,15,17,18). The van der Waals surface area contributed by atoms with Crippen molar-refractivity contribution in [2.75, 3.05) is 5.73 Å². The van der Waals surface area contributed by atoms with Crippen LogP contribution in [0.3, 0.4) is 0 Å². The highest BCUT2D eigenvalue weighted by Crippen LogP contribution is 2.22. The summed E-state index contributed by atoms with van der Waals surface area (Å²) >= 11 is 0. The molecule has 0 aromatic carbocycles. The van der Waals surface area contributed by atoms with Gasteiger partial charge in [-0.2, -0.15) is 15.1 Å². The van der Waals surface area contributed by atoms with Gasteiger partial charge >= 0.3 is 0 Å². The molecule has 2 N–H and O–H groups in total. The van der Waals surface area contributed by atoms with Crippen LogP contribution in [-0.2, 0) is 7.05 Å². The monoisotopic (exact) mass is 295 g/mol. The number of nitrogen functional groups attached to an aromatic ring is 1. The third-order valence-corrected chi connectivity index (χ3v) is 3.43. The molecule has 0 fully saturated rings. The number of nitrogens with two attached hydrogens (primary N) is 1. The summed E-state index contributed by atoms with van der Waals surface area (Å²) in [5.41, 5.74) is 8.82. The number of hydrogen-bond donors (Lipinski definition) is 1. The van der Waals surface area contributed by atoms with E-state index in [9.17, 15) is 0 Å². The van der Waals surface area contributed by atoms with Gasteiger partial charge in [-0.05, 0) is 25.1 Å². The Morgan fingerprint density at radius 2 is 2.14 bits per heavy atom. The van der Waals surface area contributed by atoms with E-state index in [2.05, 4.69) is 20.1 Å². The average molecular weight is 295 g/mol. The van der Waals surface area contributed by atoms with Gasteiger partial charge in [-0.1, -0.05) is 0 Å². The third kappa shape index (κ3) is 1.77. The first-order chi connectivity index (χ1) is 10.6. The van der Waals surface area contributed by atoms with Crippen molar-refractivity contribution < 1.29 is 4.42 Å². The SMILES string of the molecule is Cc1cc(-c2ccco2)nn1-c1nc(N)c2ncn(C)c2n1. The van der Waals surface area contributed by atoms with Gasteiger partial charge in [0, 0.05) is 12.7 Å². The largest absolute Gasteiger partial charge is 0.463 e. The summed E-state index contributed by atoms with van der Waals surface area (Å²) in [6.07, 6.45) is 3.27. The topological polar surface area (TPSA) is 101 Å². The molecule has 4 rings (SSSR count). The molecule has 0 aliphatic rings. The fraction of sp³-hybridized carbons (Fsp3) is 0.143. The van der Waals surface area contributed by atoms with Crippen LogP contribution in [0.2, 0.25) is 0 Å². The van der Waals surface area contributed by atoms with E-state index in [-0.39, 0.29) is 0 Å². The van der Waals surface area contributed by atoms with Gasteiger partial charge in [-0.25, -0.2) is 9.67 Å². The van der Waals surface area contributed by atoms with Crippen LogP contribution in [0.15, 0.2) is 35.2 Å². The molecule has 4 heterocycles. The van der Waals surface area contributed by atoms with Crippen LogP contribution in [0.4, 0.5) is 5.82 Å². The maximum absolute atomic E-state index is 5.97. The fourth-order valence-corrected chi connectivity index (χ4v) is 2.33. The van der Waals surface area contributed by atoms with Crippen molar-refractivity contribution in [2.24, 2.45) is 7.05 Å².